The van der Waals surface area contributed by atoms with E-state index in [0.29, 0.717) is 17.8 Å². The molecule has 0 bridgehead atoms. The van der Waals surface area contributed by atoms with E-state index in [0.717, 1.165) is 12.5 Å². The second-order valence-electron chi connectivity index (χ2n) is 4.40. The Morgan fingerprint density at radius 1 is 1.24 bits per heavy atom. The van der Waals surface area contributed by atoms with E-state index in [1.807, 2.05) is 6.92 Å². The summed E-state index contributed by atoms with van der Waals surface area (Å²) < 4.78 is 26.7. The fourth-order valence-corrected chi connectivity index (χ4v) is 1.78. The zero-order valence-corrected chi connectivity index (χ0v) is 11.5. The molecule has 0 aliphatic carbocycles. The maximum absolute atomic E-state index is 13.6. The van der Waals surface area contributed by atoms with Crippen molar-refractivity contribution in [2.75, 3.05) is 17.2 Å². The zero-order valence-electron chi connectivity index (χ0n) is 11.5. The van der Waals surface area contributed by atoms with Gasteiger partial charge >= 0.3 is 0 Å². The molecule has 6 heteroatoms. The molecule has 0 saturated carbocycles. The molecule has 0 saturated heterocycles. The van der Waals surface area contributed by atoms with Crippen molar-refractivity contribution in [2.24, 2.45) is 0 Å². The fraction of sp³-hybridized carbons (Fsp3) is 0.200. The standard InChI is InChI=1S/C15H15F2N3O/c1-2-7-19-13-9-18-8-6-10(13)15(21)20-12-5-3-4-11(16)14(12)17/h3-6,8-9,19H,2,7H2,1H3,(H,20,21). The van der Waals surface area contributed by atoms with Crippen LogP contribution in [0.2, 0.25) is 0 Å². The van der Waals surface area contributed by atoms with Gasteiger partial charge in [-0.1, -0.05) is 13.0 Å². The van der Waals surface area contributed by atoms with Crippen LogP contribution in [0, 0.1) is 11.6 Å². The summed E-state index contributed by atoms with van der Waals surface area (Å²) in [5.74, 6) is -2.62. The van der Waals surface area contributed by atoms with E-state index in [9.17, 15) is 13.6 Å². The van der Waals surface area contributed by atoms with Crippen molar-refractivity contribution in [3.05, 3.63) is 53.9 Å². The van der Waals surface area contributed by atoms with Crippen molar-refractivity contribution < 1.29 is 13.6 Å². The average molecular weight is 291 g/mol. The molecule has 0 radical (unpaired) electrons. The fourth-order valence-electron chi connectivity index (χ4n) is 1.78. The molecule has 0 fully saturated rings. The molecule has 0 aliphatic rings. The number of halogens is 2. The van der Waals surface area contributed by atoms with Gasteiger partial charge in [0.1, 0.15) is 0 Å². The number of hydrogen-bond acceptors (Lipinski definition) is 3. The number of carbonyl (C=O) groups is 1. The highest BCUT2D eigenvalue weighted by atomic mass is 19.2. The van der Waals surface area contributed by atoms with E-state index in [1.165, 1.54) is 30.6 Å². The van der Waals surface area contributed by atoms with Crippen LogP contribution in [0.1, 0.15) is 23.7 Å². The Labute approximate surface area is 121 Å². The van der Waals surface area contributed by atoms with Crippen LogP contribution >= 0.6 is 0 Å². The first kappa shape index (κ1) is 14.9. The van der Waals surface area contributed by atoms with Crippen LogP contribution in [0.15, 0.2) is 36.7 Å². The third-order valence-electron chi connectivity index (χ3n) is 2.83. The summed E-state index contributed by atoms with van der Waals surface area (Å²) in [6.45, 7) is 2.67. The van der Waals surface area contributed by atoms with Crippen molar-refractivity contribution in [3.8, 4) is 0 Å². The number of rotatable bonds is 5. The average Bonchev–Trinajstić information content (AvgIpc) is 2.50. The SMILES string of the molecule is CCCNc1cnccc1C(=O)Nc1cccc(F)c1F. The molecule has 2 N–H and O–H groups in total. The van der Waals surface area contributed by atoms with Gasteiger partial charge in [-0.25, -0.2) is 8.78 Å². The minimum absolute atomic E-state index is 0.196. The highest BCUT2D eigenvalue weighted by molar-refractivity contribution is 6.07. The molecule has 4 nitrogen and oxygen atoms in total. The summed E-state index contributed by atoms with van der Waals surface area (Å²) in [5.41, 5.74) is 0.675. The number of benzene rings is 1. The number of amides is 1. The van der Waals surface area contributed by atoms with Crippen molar-refractivity contribution in [3.63, 3.8) is 0 Å². The topological polar surface area (TPSA) is 54.0 Å². The Kier molecular flexibility index (Phi) is 4.81. The number of nitrogens with zero attached hydrogens (tertiary/aromatic N) is 1. The van der Waals surface area contributed by atoms with Crippen molar-refractivity contribution >= 4 is 17.3 Å². The van der Waals surface area contributed by atoms with Gasteiger partial charge in [-0.15, -0.1) is 0 Å². The van der Waals surface area contributed by atoms with Crippen LogP contribution in [-0.4, -0.2) is 17.4 Å². The largest absolute Gasteiger partial charge is 0.383 e. The molecule has 1 amide bonds. The summed E-state index contributed by atoms with van der Waals surface area (Å²) in [6, 6.07) is 5.14. The van der Waals surface area contributed by atoms with Crippen molar-refractivity contribution in [1.29, 1.82) is 0 Å². The second-order valence-corrected chi connectivity index (χ2v) is 4.40. The lowest BCUT2D eigenvalue weighted by Crippen LogP contribution is -2.16. The highest BCUT2D eigenvalue weighted by Crippen LogP contribution is 2.20. The molecule has 2 aromatic rings. The third-order valence-corrected chi connectivity index (χ3v) is 2.83. The number of hydrogen-bond donors (Lipinski definition) is 2. The summed E-state index contributed by atoms with van der Waals surface area (Å²) in [7, 11) is 0. The first-order chi connectivity index (χ1) is 10.1. The van der Waals surface area contributed by atoms with Crippen molar-refractivity contribution in [1.82, 2.24) is 4.98 Å². The Morgan fingerprint density at radius 3 is 2.81 bits per heavy atom. The van der Waals surface area contributed by atoms with E-state index >= 15 is 0 Å². The molecule has 0 atom stereocenters. The monoisotopic (exact) mass is 291 g/mol. The smallest absolute Gasteiger partial charge is 0.257 e. The Bertz CT molecular complexity index is 647. The van der Waals surface area contributed by atoms with E-state index < -0.39 is 17.5 Å². The second kappa shape index (κ2) is 6.78. The predicted octanol–water partition coefficient (Wildman–Crippen LogP) is 3.43. The van der Waals surface area contributed by atoms with Gasteiger partial charge in [0.25, 0.3) is 5.91 Å². The molecule has 0 aliphatic heterocycles. The van der Waals surface area contributed by atoms with Gasteiger partial charge in [0.05, 0.1) is 23.1 Å². The maximum Gasteiger partial charge on any atom is 0.257 e. The Hall–Kier alpha value is -2.50. The van der Waals surface area contributed by atoms with E-state index in [-0.39, 0.29) is 5.69 Å². The number of nitrogens with one attached hydrogen (secondary N) is 2. The van der Waals surface area contributed by atoms with Crippen LogP contribution in [0.25, 0.3) is 0 Å². The normalized spacial score (nSPS) is 10.2. The maximum atomic E-state index is 13.6. The highest BCUT2D eigenvalue weighted by Gasteiger charge is 2.15. The molecule has 2 rings (SSSR count). The molecule has 1 heterocycles. The van der Waals surface area contributed by atoms with Crippen LogP contribution in [-0.2, 0) is 0 Å². The number of anilines is 2. The summed E-state index contributed by atoms with van der Waals surface area (Å²) >= 11 is 0. The van der Waals surface area contributed by atoms with Crippen LogP contribution < -0.4 is 10.6 Å². The molecule has 110 valence electrons. The van der Waals surface area contributed by atoms with Crippen LogP contribution in [0.5, 0.6) is 0 Å². The number of aromatic nitrogens is 1. The van der Waals surface area contributed by atoms with Crippen LogP contribution in [0.4, 0.5) is 20.2 Å². The quantitative estimate of drug-likeness (QED) is 0.887. The van der Waals surface area contributed by atoms with E-state index in [1.54, 1.807) is 0 Å². The summed E-state index contributed by atoms with van der Waals surface area (Å²) in [5, 5.41) is 5.43. The lowest BCUT2D eigenvalue weighted by Gasteiger charge is -2.11. The van der Waals surface area contributed by atoms with Gasteiger partial charge in [-0.3, -0.25) is 9.78 Å². The Morgan fingerprint density at radius 2 is 2.05 bits per heavy atom. The predicted molar refractivity (Wildman–Crippen MR) is 77.3 cm³/mol. The first-order valence-electron chi connectivity index (χ1n) is 6.56. The van der Waals surface area contributed by atoms with Gasteiger partial charge in [0, 0.05) is 12.7 Å². The van der Waals surface area contributed by atoms with Gasteiger partial charge in [-0.05, 0) is 24.6 Å². The van der Waals surface area contributed by atoms with Crippen LogP contribution in [0.3, 0.4) is 0 Å². The molecule has 1 aromatic carbocycles. The van der Waals surface area contributed by atoms with E-state index in [2.05, 4.69) is 15.6 Å². The number of carbonyl (C=O) groups excluding carboxylic acids is 1. The number of pyridine rings is 1. The van der Waals surface area contributed by atoms with Gasteiger partial charge in [-0.2, -0.15) is 0 Å². The molecule has 21 heavy (non-hydrogen) atoms. The first-order valence-corrected chi connectivity index (χ1v) is 6.56. The molecule has 0 spiro atoms. The minimum Gasteiger partial charge on any atom is -0.383 e. The van der Waals surface area contributed by atoms with Crippen molar-refractivity contribution in [2.45, 2.75) is 13.3 Å². The lowest BCUT2D eigenvalue weighted by atomic mass is 10.2. The summed E-state index contributed by atoms with van der Waals surface area (Å²) in [6.07, 6.45) is 3.87. The summed E-state index contributed by atoms with van der Waals surface area (Å²) in [4.78, 5) is 16.1. The molecule has 0 unspecified atom stereocenters. The third kappa shape index (κ3) is 3.53. The van der Waals surface area contributed by atoms with Gasteiger partial charge < -0.3 is 10.6 Å². The lowest BCUT2D eigenvalue weighted by molar-refractivity contribution is 0.102. The Balaban J connectivity index is 2.22. The van der Waals surface area contributed by atoms with E-state index in [4.69, 9.17) is 0 Å². The van der Waals surface area contributed by atoms with Gasteiger partial charge in [0.15, 0.2) is 11.6 Å². The van der Waals surface area contributed by atoms with Gasteiger partial charge in [0.2, 0.25) is 0 Å². The zero-order chi connectivity index (χ0) is 15.2. The molecular weight excluding hydrogens is 276 g/mol. The molecular formula is C15H15F2N3O. The molecule has 1 aromatic heterocycles. The minimum atomic E-state index is -1.08.